The minimum atomic E-state index is -0.466. The molecule has 1 aromatic rings. The lowest BCUT2D eigenvalue weighted by Gasteiger charge is -2.34. The molecule has 1 heterocycles. The molecule has 1 aromatic carbocycles. The van der Waals surface area contributed by atoms with Crippen LogP contribution in [-0.4, -0.2) is 66.9 Å². The van der Waals surface area contributed by atoms with Gasteiger partial charge in [-0.1, -0.05) is 30.3 Å². The number of unbranched alkanes of at least 4 members (excludes halogenated alkanes) is 1. The first-order valence-corrected chi connectivity index (χ1v) is 9.98. The first kappa shape index (κ1) is 22.0. The van der Waals surface area contributed by atoms with Gasteiger partial charge in [0.2, 0.25) is 0 Å². The molecule has 2 amide bonds. The highest BCUT2D eigenvalue weighted by Gasteiger charge is 2.22. The molecule has 0 spiro atoms. The fraction of sp³-hybridized carbons (Fsp3) is 0.619. The molecule has 0 radical (unpaired) electrons. The van der Waals surface area contributed by atoms with Crippen molar-refractivity contribution in [2.24, 2.45) is 0 Å². The van der Waals surface area contributed by atoms with Gasteiger partial charge in [0.05, 0.1) is 0 Å². The number of carbonyl (C=O) groups is 2. The lowest BCUT2D eigenvalue weighted by atomic mass is 10.2. The lowest BCUT2D eigenvalue weighted by Crippen LogP contribution is -2.49. The number of alkyl carbamates (subject to hydrolysis) is 1. The van der Waals surface area contributed by atoms with Gasteiger partial charge >= 0.3 is 12.2 Å². The number of benzene rings is 1. The summed E-state index contributed by atoms with van der Waals surface area (Å²) in [4.78, 5) is 27.9. The van der Waals surface area contributed by atoms with Crippen molar-refractivity contribution in [1.82, 2.24) is 15.1 Å². The number of ether oxygens (including phenoxy) is 2. The Morgan fingerprint density at radius 1 is 1.04 bits per heavy atom. The van der Waals surface area contributed by atoms with Gasteiger partial charge in [0, 0.05) is 32.7 Å². The maximum atomic E-state index is 12.2. The van der Waals surface area contributed by atoms with E-state index in [1.165, 1.54) is 0 Å². The van der Waals surface area contributed by atoms with Gasteiger partial charge in [0.25, 0.3) is 0 Å². The Kier molecular flexibility index (Phi) is 8.57. The Balaban J connectivity index is 1.53. The minimum absolute atomic E-state index is 0.245. The molecule has 0 saturated carbocycles. The fourth-order valence-electron chi connectivity index (χ4n) is 2.93. The summed E-state index contributed by atoms with van der Waals surface area (Å²) in [5.41, 5.74) is 0.529. The van der Waals surface area contributed by atoms with E-state index in [0.29, 0.717) is 26.2 Å². The normalized spacial score (nSPS) is 15.2. The molecule has 0 atom stereocenters. The van der Waals surface area contributed by atoms with E-state index in [2.05, 4.69) is 10.2 Å². The first-order valence-electron chi connectivity index (χ1n) is 9.98. The van der Waals surface area contributed by atoms with Crippen LogP contribution in [0.1, 0.15) is 39.2 Å². The van der Waals surface area contributed by atoms with Crippen molar-refractivity contribution in [3.8, 4) is 0 Å². The summed E-state index contributed by atoms with van der Waals surface area (Å²) in [5.74, 6) is 0. The van der Waals surface area contributed by atoms with E-state index in [1.54, 1.807) is 4.90 Å². The molecule has 1 saturated heterocycles. The zero-order chi connectivity index (χ0) is 20.4. The Morgan fingerprint density at radius 3 is 2.36 bits per heavy atom. The average Bonchev–Trinajstić information content (AvgIpc) is 2.66. The fourth-order valence-corrected chi connectivity index (χ4v) is 2.93. The first-order chi connectivity index (χ1) is 13.3. The molecule has 0 aromatic heterocycles. The van der Waals surface area contributed by atoms with Crippen molar-refractivity contribution >= 4 is 12.2 Å². The Morgan fingerprint density at radius 2 is 1.71 bits per heavy atom. The van der Waals surface area contributed by atoms with Crippen LogP contribution < -0.4 is 5.32 Å². The van der Waals surface area contributed by atoms with Crippen molar-refractivity contribution in [3.05, 3.63) is 35.9 Å². The number of nitrogens with one attached hydrogen (secondary N) is 1. The molecule has 7 nitrogen and oxygen atoms in total. The quantitative estimate of drug-likeness (QED) is 0.723. The molecule has 156 valence electrons. The van der Waals surface area contributed by atoms with Gasteiger partial charge in [0.15, 0.2) is 0 Å². The molecule has 7 heteroatoms. The third kappa shape index (κ3) is 8.61. The summed E-state index contributed by atoms with van der Waals surface area (Å²) in [5, 5.41) is 2.78. The number of hydrogen-bond donors (Lipinski definition) is 1. The highest BCUT2D eigenvalue weighted by molar-refractivity contribution is 5.68. The van der Waals surface area contributed by atoms with Crippen LogP contribution in [0.4, 0.5) is 9.59 Å². The summed E-state index contributed by atoms with van der Waals surface area (Å²) < 4.78 is 10.6. The highest BCUT2D eigenvalue weighted by Crippen LogP contribution is 2.08. The molecular weight excluding hydrogens is 358 g/mol. The van der Waals surface area contributed by atoms with Crippen molar-refractivity contribution in [1.29, 1.82) is 0 Å². The van der Waals surface area contributed by atoms with E-state index < -0.39 is 5.60 Å². The molecule has 0 bridgehead atoms. The molecule has 0 aliphatic carbocycles. The maximum absolute atomic E-state index is 12.2. The van der Waals surface area contributed by atoms with E-state index in [9.17, 15) is 9.59 Å². The summed E-state index contributed by atoms with van der Waals surface area (Å²) >= 11 is 0. The standard InChI is InChI=1S/C21H33N3O4/c1-21(2,3)28-19(25)22-11-7-8-12-23-13-15-24(16-14-23)20(26)27-17-18-9-5-4-6-10-18/h4-6,9-10H,7-8,11-17H2,1-3H3,(H,22,25). The Labute approximate surface area is 168 Å². The Hall–Kier alpha value is -2.28. The summed E-state index contributed by atoms with van der Waals surface area (Å²) in [6.45, 7) is 10.5. The second kappa shape index (κ2) is 10.9. The van der Waals surface area contributed by atoms with Gasteiger partial charge in [-0.25, -0.2) is 9.59 Å². The second-order valence-electron chi connectivity index (χ2n) is 8.00. The molecular formula is C21H33N3O4. The molecule has 1 N–H and O–H groups in total. The molecule has 1 aliphatic rings. The van der Waals surface area contributed by atoms with Crippen molar-refractivity contribution in [2.45, 2.75) is 45.8 Å². The SMILES string of the molecule is CC(C)(C)OC(=O)NCCCCN1CCN(C(=O)OCc2ccccc2)CC1. The van der Waals surface area contributed by atoms with Crippen LogP contribution in [-0.2, 0) is 16.1 Å². The van der Waals surface area contributed by atoms with Gasteiger partial charge in [-0.15, -0.1) is 0 Å². The molecule has 2 rings (SSSR count). The molecule has 1 aliphatic heterocycles. The van der Waals surface area contributed by atoms with E-state index in [-0.39, 0.29) is 12.2 Å². The largest absolute Gasteiger partial charge is 0.445 e. The Bertz CT molecular complexity index is 608. The molecule has 0 unspecified atom stereocenters. The van der Waals surface area contributed by atoms with Crippen LogP contribution in [0.2, 0.25) is 0 Å². The number of piperazine rings is 1. The third-order valence-corrected chi connectivity index (χ3v) is 4.40. The number of carbonyl (C=O) groups excluding carboxylic acids is 2. The van der Waals surface area contributed by atoms with Crippen LogP contribution >= 0.6 is 0 Å². The van der Waals surface area contributed by atoms with Gasteiger partial charge in [-0.2, -0.15) is 0 Å². The maximum Gasteiger partial charge on any atom is 0.410 e. The van der Waals surface area contributed by atoms with Crippen LogP contribution in [0.3, 0.4) is 0 Å². The number of amides is 2. The number of rotatable bonds is 7. The number of nitrogens with zero attached hydrogens (tertiary/aromatic N) is 2. The zero-order valence-electron chi connectivity index (χ0n) is 17.3. The van der Waals surface area contributed by atoms with Gasteiger partial charge in [0.1, 0.15) is 12.2 Å². The monoisotopic (exact) mass is 391 g/mol. The lowest BCUT2D eigenvalue weighted by molar-refractivity contribution is 0.0526. The summed E-state index contributed by atoms with van der Waals surface area (Å²) in [7, 11) is 0. The van der Waals surface area contributed by atoms with E-state index >= 15 is 0 Å². The summed E-state index contributed by atoms with van der Waals surface area (Å²) in [6, 6.07) is 9.71. The van der Waals surface area contributed by atoms with Crippen molar-refractivity contribution < 1.29 is 19.1 Å². The smallest absolute Gasteiger partial charge is 0.410 e. The van der Waals surface area contributed by atoms with E-state index in [4.69, 9.17) is 9.47 Å². The van der Waals surface area contributed by atoms with Gasteiger partial charge in [-0.3, -0.25) is 4.90 Å². The van der Waals surface area contributed by atoms with Crippen LogP contribution in [0, 0.1) is 0 Å². The van der Waals surface area contributed by atoms with Gasteiger partial charge < -0.3 is 19.7 Å². The van der Waals surface area contributed by atoms with Crippen LogP contribution in [0.15, 0.2) is 30.3 Å². The van der Waals surface area contributed by atoms with E-state index in [0.717, 1.165) is 38.0 Å². The van der Waals surface area contributed by atoms with Crippen molar-refractivity contribution in [2.75, 3.05) is 39.3 Å². The van der Waals surface area contributed by atoms with Crippen LogP contribution in [0.5, 0.6) is 0 Å². The van der Waals surface area contributed by atoms with Gasteiger partial charge in [-0.05, 0) is 45.7 Å². The van der Waals surface area contributed by atoms with Crippen molar-refractivity contribution in [3.63, 3.8) is 0 Å². The zero-order valence-corrected chi connectivity index (χ0v) is 17.3. The third-order valence-electron chi connectivity index (χ3n) is 4.40. The van der Waals surface area contributed by atoms with E-state index in [1.807, 2.05) is 51.1 Å². The molecule has 1 fully saturated rings. The highest BCUT2D eigenvalue weighted by atomic mass is 16.6. The second-order valence-corrected chi connectivity index (χ2v) is 8.00. The predicted octanol–water partition coefficient (Wildman–Crippen LogP) is 3.25. The predicted molar refractivity (Wildman–Crippen MR) is 108 cm³/mol. The molecule has 28 heavy (non-hydrogen) atoms. The number of hydrogen-bond acceptors (Lipinski definition) is 5. The average molecular weight is 392 g/mol. The minimum Gasteiger partial charge on any atom is -0.445 e. The summed E-state index contributed by atoms with van der Waals surface area (Å²) in [6.07, 6.45) is 1.28. The topological polar surface area (TPSA) is 71.1 Å². The van der Waals surface area contributed by atoms with Crippen LogP contribution in [0.25, 0.3) is 0 Å².